The Labute approximate surface area is 87.6 Å². The molecule has 0 aromatic carbocycles. The Morgan fingerprint density at radius 1 is 1.07 bits per heavy atom. The summed E-state index contributed by atoms with van der Waals surface area (Å²) in [5.41, 5.74) is 12.5. The van der Waals surface area contributed by atoms with Crippen molar-refractivity contribution in [3.63, 3.8) is 0 Å². The predicted octanol–water partition coefficient (Wildman–Crippen LogP) is -0.846. The molecule has 2 rings (SSSR count). The molecule has 0 amide bonds. The van der Waals surface area contributed by atoms with E-state index in [1.54, 1.807) is 0 Å². The van der Waals surface area contributed by atoms with Gasteiger partial charge in [0.1, 0.15) is 5.82 Å². The van der Waals surface area contributed by atoms with Crippen molar-refractivity contribution in [2.45, 2.75) is 12.8 Å². The zero-order valence-electron chi connectivity index (χ0n) is 8.10. The fourth-order valence-electron chi connectivity index (χ4n) is 1.66. The van der Waals surface area contributed by atoms with Gasteiger partial charge in [-0.1, -0.05) is 0 Å². The van der Waals surface area contributed by atoms with Crippen molar-refractivity contribution in [1.82, 2.24) is 9.97 Å². The summed E-state index contributed by atoms with van der Waals surface area (Å²) >= 11 is 0. The Morgan fingerprint density at radius 2 is 1.73 bits per heavy atom. The summed E-state index contributed by atoms with van der Waals surface area (Å²) in [6, 6.07) is 0. The number of sulfone groups is 1. The number of nitrogen functional groups attached to an aromatic ring is 2. The second kappa shape index (κ2) is 3.34. The van der Waals surface area contributed by atoms with Crippen LogP contribution in [0.1, 0.15) is 11.3 Å². The number of fused-ring (bicyclic) bond motifs is 1. The number of aryl methyl sites for hydroxylation is 1. The quantitative estimate of drug-likeness (QED) is 0.598. The van der Waals surface area contributed by atoms with Crippen LogP contribution in [0.4, 0.5) is 11.8 Å². The van der Waals surface area contributed by atoms with Gasteiger partial charge in [-0.3, -0.25) is 0 Å². The van der Waals surface area contributed by atoms with E-state index in [0.717, 1.165) is 5.56 Å². The molecule has 0 atom stereocenters. The summed E-state index contributed by atoms with van der Waals surface area (Å²) < 4.78 is 22.8. The van der Waals surface area contributed by atoms with Crippen LogP contribution in [0, 0.1) is 0 Å². The van der Waals surface area contributed by atoms with Crippen LogP contribution in [0.2, 0.25) is 0 Å². The summed E-state index contributed by atoms with van der Waals surface area (Å²) in [4.78, 5) is 7.85. The summed E-state index contributed by atoms with van der Waals surface area (Å²) in [5.74, 6) is 0.619. The maximum Gasteiger partial charge on any atom is 0.222 e. The summed E-state index contributed by atoms with van der Waals surface area (Å²) in [5, 5.41) is 0. The number of aromatic nitrogens is 2. The fourth-order valence-corrected chi connectivity index (χ4v) is 2.88. The molecule has 1 aliphatic heterocycles. The SMILES string of the molecule is Nc1nc(N)c2c(n1)CCS(=O)(=O)CC2. The number of nitrogens with two attached hydrogens (primary N) is 2. The van der Waals surface area contributed by atoms with E-state index in [-0.39, 0.29) is 17.5 Å². The third kappa shape index (κ3) is 2.01. The number of nitrogens with zero attached hydrogens (tertiary/aromatic N) is 2. The lowest BCUT2D eigenvalue weighted by Gasteiger charge is -2.06. The van der Waals surface area contributed by atoms with Crippen LogP contribution < -0.4 is 11.5 Å². The second-order valence-corrected chi connectivity index (χ2v) is 5.85. The minimum absolute atomic E-state index is 0.102. The Bertz CT molecular complexity index is 498. The van der Waals surface area contributed by atoms with Gasteiger partial charge in [-0.25, -0.2) is 13.4 Å². The molecule has 0 unspecified atom stereocenters. The van der Waals surface area contributed by atoms with Crippen LogP contribution in [-0.2, 0) is 22.7 Å². The van der Waals surface area contributed by atoms with Gasteiger partial charge in [-0.15, -0.1) is 0 Å². The van der Waals surface area contributed by atoms with Crippen molar-refractivity contribution in [3.05, 3.63) is 11.3 Å². The minimum atomic E-state index is -2.98. The van der Waals surface area contributed by atoms with Gasteiger partial charge in [0.15, 0.2) is 9.84 Å². The maximum absolute atomic E-state index is 11.4. The molecule has 0 radical (unpaired) electrons. The molecular formula is C8H12N4O2S. The van der Waals surface area contributed by atoms with E-state index in [4.69, 9.17) is 11.5 Å². The van der Waals surface area contributed by atoms with Crippen LogP contribution >= 0.6 is 0 Å². The molecule has 0 saturated heterocycles. The van der Waals surface area contributed by atoms with E-state index in [1.165, 1.54) is 0 Å². The van der Waals surface area contributed by atoms with Gasteiger partial charge in [0.2, 0.25) is 5.95 Å². The molecule has 7 heteroatoms. The highest BCUT2D eigenvalue weighted by molar-refractivity contribution is 7.91. The average molecular weight is 228 g/mol. The first-order chi connectivity index (χ1) is 6.98. The van der Waals surface area contributed by atoms with E-state index >= 15 is 0 Å². The van der Waals surface area contributed by atoms with Crippen LogP contribution in [0.5, 0.6) is 0 Å². The van der Waals surface area contributed by atoms with Crippen molar-refractivity contribution in [2.75, 3.05) is 23.0 Å². The van der Waals surface area contributed by atoms with Gasteiger partial charge in [0, 0.05) is 12.0 Å². The van der Waals surface area contributed by atoms with E-state index in [9.17, 15) is 8.42 Å². The second-order valence-electron chi connectivity index (χ2n) is 3.54. The summed E-state index contributed by atoms with van der Waals surface area (Å²) in [6.07, 6.45) is 0.748. The largest absolute Gasteiger partial charge is 0.383 e. The van der Waals surface area contributed by atoms with E-state index in [1.807, 2.05) is 0 Å². The summed E-state index contributed by atoms with van der Waals surface area (Å²) in [7, 11) is -2.98. The van der Waals surface area contributed by atoms with Crippen molar-refractivity contribution in [2.24, 2.45) is 0 Å². The van der Waals surface area contributed by atoms with Crippen LogP contribution in [0.15, 0.2) is 0 Å². The molecule has 15 heavy (non-hydrogen) atoms. The Morgan fingerprint density at radius 3 is 2.47 bits per heavy atom. The van der Waals surface area contributed by atoms with Crippen LogP contribution in [0.3, 0.4) is 0 Å². The lowest BCUT2D eigenvalue weighted by molar-refractivity contribution is 0.596. The van der Waals surface area contributed by atoms with E-state index in [2.05, 4.69) is 9.97 Å². The van der Waals surface area contributed by atoms with Gasteiger partial charge in [-0.05, 0) is 6.42 Å². The molecule has 82 valence electrons. The van der Waals surface area contributed by atoms with Gasteiger partial charge >= 0.3 is 0 Å². The van der Waals surface area contributed by atoms with Gasteiger partial charge in [0.25, 0.3) is 0 Å². The highest BCUT2D eigenvalue weighted by atomic mass is 32.2. The molecule has 4 N–H and O–H groups in total. The number of anilines is 2. The van der Waals surface area contributed by atoms with E-state index < -0.39 is 9.84 Å². The third-order valence-electron chi connectivity index (χ3n) is 2.45. The van der Waals surface area contributed by atoms with Gasteiger partial charge < -0.3 is 11.5 Å². The minimum Gasteiger partial charge on any atom is -0.383 e. The molecule has 0 fully saturated rings. The monoisotopic (exact) mass is 228 g/mol. The van der Waals surface area contributed by atoms with Crippen molar-refractivity contribution < 1.29 is 8.42 Å². The zero-order chi connectivity index (χ0) is 11.1. The number of hydrogen-bond donors (Lipinski definition) is 2. The standard InChI is InChI=1S/C8H12N4O2S/c9-7-5-1-3-15(13,14)4-2-6(5)11-8(10)12-7/h1-4H2,(H4,9,10,11,12). The smallest absolute Gasteiger partial charge is 0.222 e. The fraction of sp³-hybridized carbons (Fsp3) is 0.500. The molecule has 0 aliphatic carbocycles. The lowest BCUT2D eigenvalue weighted by atomic mass is 10.1. The zero-order valence-corrected chi connectivity index (χ0v) is 8.92. The van der Waals surface area contributed by atoms with Crippen molar-refractivity contribution >= 4 is 21.6 Å². The number of hydrogen-bond acceptors (Lipinski definition) is 6. The molecular weight excluding hydrogens is 216 g/mol. The molecule has 0 saturated carbocycles. The molecule has 1 aromatic rings. The van der Waals surface area contributed by atoms with Crippen LogP contribution in [-0.4, -0.2) is 29.9 Å². The predicted molar refractivity (Wildman–Crippen MR) is 56.9 cm³/mol. The average Bonchev–Trinajstić information content (AvgIpc) is 2.26. The first-order valence-electron chi connectivity index (χ1n) is 4.59. The Balaban J connectivity index is 2.48. The molecule has 6 nitrogen and oxygen atoms in total. The highest BCUT2D eigenvalue weighted by Gasteiger charge is 2.21. The first kappa shape index (κ1) is 10.2. The number of rotatable bonds is 0. The first-order valence-corrected chi connectivity index (χ1v) is 6.41. The van der Waals surface area contributed by atoms with E-state index in [0.29, 0.717) is 24.4 Å². The van der Waals surface area contributed by atoms with Crippen molar-refractivity contribution in [1.29, 1.82) is 0 Å². The lowest BCUT2D eigenvalue weighted by Crippen LogP contribution is -2.10. The molecule has 0 spiro atoms. The van der Waals surface area contributed by atoms with Crippen molar-refractivity contribution in [3.8, 4) is 0 Å². The molecule has 0 bridgehead atoms. The molecule has 2 heterocycles. The third-order valence-corrected chi connectivity index (χ3v) is 4.11. The highest BCUT2D eigenvalue weighted by Crippen LogP contribution is 2.20. The summed E-state index contributed by atoms with van der Waals surface area (Å²) in [6.45, 7) is 0. The Kier molecular flexibility index (Phi) is 2.26. The maximum atomic E-state index is 11.4. The molecule has 1 aliphatic rings. The topological polar surface area (TPSA) is 112 Å². The molecule has 1 aromatic heterocycles. The van der Waals surface area contributed by atoms with Gasteiger partial charge in [-0.2, -0.15) is 4.98 Å². The normalized spacial score (nSPS) is 19.2. The van der Waals surface area contributed by atoms with Gasteiger partial charge in [0.05, 0.1) is 17.2 Å². The van der Waals surface area contributed by atoms with Crippen LogP contribution in [0.25, 0.3) is 0 Å². The Hall–Kier alpha value is -1.37.